The van der Waals surface area contributed by atoms with Crippen molar-refractivity contribution >= 4 is 11.3 Å². The predicted octanol–water partition coefficient (Wildman–Crippen LogP) is 2.85. The van der Waals surface area contributed by atoms with E-state index in [4.69, 9.17) is 5.73 Å². The van der Waals surface area contributed by atoms with Crippen molar-refractivity contribution in [2.24, 2.45) is 5.73 Å². The smallest absolute Gasteiger partial charge is 0.134 e. The largest absolute Gasteiger partial charge is 0.322 e. The highest BCUT2D eigenvalue weighted by Crippen LogP contribution is 2.26. The summed E-state index contributed by atoms with van der Waals surface area (Å²) in [7, 11) is 0. The van der Waals surface area contributed by atoms with Gasteiger partial charge in [0.25, 0.3) is 0 Å². The van der Waals surface area contributed by atoms with Gasteiger partial charge in [-0.3, -0.25) is 0 Å². The molecule has 2 N–H and O–H groups in total. The molecule has 0 saturated heterocycles. The van der Waals surface area contributed by atoms with Crippen LogP contribution in [0, 0.1) is 0 Å². The highest BCUT2D eigenvalue weighted by Gasteiger charge is 2.14. The number of rotatable bonds is 5. The Hall–Kier alpha value is -0.480. The summed E-state index contributed by atoms with van der Waals surface area (Å²) in [5, 5.41) is 10.4. The maximum atomic E-state index is 5.89. The van der Waals surface area contributed by atoms with Crippen LogP contribution in [-0.4, -0.2) is 10.2 Å². The van der Waals surface area contributed by atoms with Crippen molar-refractivity contribution in [2.45, 2.75) is 52.0 Å². The standard InChI is InChI=1S/C10H19N3S/c1-4-6-7(3)9-12-13-10(14-9)8(11)5-2/h7-8H,4-6,11H2,1-3H3. The van der Waals surface area contributed by atoms with Gasteiger partial charge in [0, 0.05) is 5.92 Å². The molecule has 0 bridgehead atoms. The summed E-state index contributed by atoms with van der Waals surface area (Å²) >= 11 is 1.67. The monoisotopic (exact) mass is 213 g/mol. The van der Waals surface area contributed by atoms with E-state index in [0.717, 1.165) is 16.4 Å². The maximum absolute atomic E-state index is 5.89. The topological polar surface area (TPSA) is 51.8 Å². The molecule has 0 aliphatic heterocycles. The lowest BCUT2D eigenvalue weighted by molar-refractivity contribution is 0.647. The van der Waals surface area contributed by atoms with Gasteiger partial charge in [0.1, 0.15) is 10.0 Å². The van der Waals surface area contributed by atoms with Crippen LogP contribution in [0.25, 0.3) is 0 Å². The van der Waals surface area contributed by atoms with Crippen molar-refractivity contribution in [3.63, 3.8) is 0 Å². The van der Waals surface area contributed by atoms with Gasteiger partial charge in [-0.15, -0.1) is 10.2 Å². The zero-order valence-electron chi connectivity index (χ0n) is 9.16. The molecule has 14 heavy (non-hydrogen) atoms. The van der Waals surface area contributed by atoms with E-state index >= 15 is 0 Å². The molecule has 0 amide bonds. The fourth-order valence-electron chi connectivity index (χ4n) is 1.33. The van der Waals surface area contributed by atoms with Gasteiger partial charge in [0.2, 0.25) is 0 Å². The molecule has 1 heterocycles. The van der Waals surface area contributed by atoms with Crippen molar-refractivity contribution in [3.05, 3.63) is 10.0 Å². The molecule has 3 nitrogen and oxygen atoms in total. The van der Waals surface area contributed by atoms with E-state index in [1.165, 1.54) is 12.8 Å². The van der Waals surface area contributed by atoms with Gasteiger partial charge < -0.3 is 5.73 Å². The minimum atomic E-state index is 0.0649. The lowest BCUT2D eigenvalue weighted by atomic mass is 10.1. The molecule has 1 aromatic rings. The van der Waals surface area contributed by atoms with E-state index in [9.17, 15) is 0 Å². The molecule has 80 valence electrons. The Balaban J connectivity index is 2.67. The number of hydrogen-bond donors (Lipinski definition) is 1. The molecule has 1 aromatic heterocycles. The minimum absolute atomic E-state index is 0.0649. The molecule has 0 saturated carbocycles. The van der Waals surface area contributed by atoms with Gasteiger partial charge in [0.05, 0.1) is 6.04 Å². The number of hydrogen-bond acceptors (Lipinski definition) is 4. The Kier molecular flexibility index (Phi) is 4.48. The zero-order chi connectivity index (χ0) is 10.6. The first kappa shape index (κ1) is 11.6. The molecule has 0 aromatic carbocycles. The highest BCUT2D eigenvalue weighted by atomic mass is 32.1. The van der Waals surface area contributed by atoms with E-state index in [1.54, 1.807) is 11.3 Å². The van der Waals surface area contributed by atoms with Crippen molar-refractivity contribution in [1.82, 2.24) is 10.2 Å². The average Bonchev–Trinajstić information content (AvgIpc) is 2.66. The fourth-order valence-corrected chi connectivity index (χ4v) is 2.34. The molecule has 0 aliphatic carbocycles. The van der Waals surface area contributed by atoms with Crippen molar-refractivity contribution in [1.29, 1.82) is 0 Å². The van der Waals surface area contributed by atoms with E-state index < -0.39 is 0 Å². The normalized spacial score (nSPS) is 15.4. The van der Waals surface area contributed by atoms with Crippen LogP contribution in [0.4, 0.5) is 0 Å². The number of nitrogens with zero attached hydrogens (tertiary/aromatic N) is 2. The average molecular weight is 213 g/mol. The molecule has 4 heteroatoms. The summed E-state index contributed by atoms with van der Waals surface area (Å²) < 4.78 is 0. The molecule has 0 spiro atoms. The first-order valence-electron chi connectivity index (χ1n) is 5.27. The Bertz CT molecular complexity index is 272. The van der Waals surface area contributed by atoms with Crippen LogP contribution in [0.15, 0.2) is 0 Å². The lowest BCUT2D eigenvalue weighted by Crippen LogP contribution is -2.07. The molecule has 0 fully saturated rings. The van der Waals surface area contributed by atoms with Gasteiger partial charge in [-0.05, 0) is 12.8 Å². The van der Waals surface area contributed by atoms with Gasteiger partial charge in [0.15, 0.2) is 0 Å². The van der Waals surface area contributed by atoms with Crippen LogP contribution in [0.3, 0.4) is 0 Å². The first-order chi connectivity index (χ1) is 6.69. The lowest BCUT2D eigenvalue weighted by Gasteiger charge is -2.04. The van der Waals surface area contributed by atoms with Crippen molar-refractivity contribution in [2.75, 3.05) is 0 Å². The summed E-state index contributed by atoms with van der Waals surface area (Å²) in [6.45, 7) is 6.46. The van der Waals surface area contributed by atoms with Gasteiger partial charge in [-0.25, -0.2) is 0 Å². The second-order valence-electron chi connectivity index (χ2n) is 3.68. The van der Waals surface area contributed by atoms with Crippen LogP contribution in [-0.2, 0) is 0 Å². The molecule has 1 rings (SSSR count). The maximum Gasteiger partial charge on any atom is 0.134 e. The summed E-state index contributed by atoms with van der Waals surface area (Å²) in [5.41, 5.74) is 5.89. The van der Waals surface area contributed by atoms with Gasteiger partial charge in [-0.2, -0.15) is 0 Å². The fraction of sp³-hybridized carbons (Fsp3) is 0.800. The minimum Gasteiger partial charge on any atom is -0.322 e. The van der Waals surface area contributed by atoms with E-state index in [0.29, 0.717) is 5.92 Å². The second kappa shape index (κ2) is 5.41. The van der Waals surface area contributed by atoms with E-state index in [-0.39, 0.29) is 6.04 Å². The number of nitrogens with two attached hydrogens (primary N) is 1. The van der Waals surface area contributed by atoms with Crippen LogP contribution >= 0.6 is 11.3 Å². The second-order valence-corrected chi connectivity index (χ2v) is 4.72. The summed E-state index contributed by atoms with van der Waals surface area (Å²) in [6.07, 6.45) is 3.29. The molecule has 0 aliphatic rings. The molecule has 2 atom stereocenters. The summed E-state index contributed by atoms with van der Waals surface area (Å²) in [5.74, 6) is 0.523. The molecule has 0 radical (unpaired) electrons. The third-order valence-corrected chi connectivity index (χ3v) is 3.64. The Morgan fingerprint density at radius 3 is 2.50 bits per heavy atom. The summed E-state index contributed by atoms with van der Waals surface area (Å²) in [4.78, 5) is 0. The van der Waals surface area contributed by atoms with E-state index in [2.05, 4.69) is 31.0 Å². The third-order valence-electron chi connectivity index (χ3n) is 2.36. The SMILES string of the molecule is CCCC(C)c1nnc(C(N)CC)s1. The van der Waals surface area contributed by atoms with Crippen LogP contribution in [0.1, 0.15) is 62.0 Å². The highest BCUT2D eigenvalue weighted by molar-refractivity contribution is 7.11. The van der Waals surface area contributed by atoms with Crippen LogP contribution < -0.4 is 5.73 Å². The molecule has 2 unspecified atom stereocenters. The third kappa shape index (κ3) is 2.75. The van der Waals surface area contributed by atoms with Crippen LogP contribution in [0.5, 0.6) is 0 Å². The molecular weight excluding hydrogens is 194 g/mol. The van der Waals surface area contributed by atoms with Crippen LogP contribution in [0.2, 0.25) is 0 Å². The first-order valence-corrected chi connectivity index (χ1v) is 6.09. The van der Waals surface area contributed by atoms with Gasteiger partial charge >= 0.3 is 0 Å². The van der Waals surface area contributed by atoms with Crippen molar-refractivity contribution in [3.8, 4) is 0 Å². The van der Waals surface area contributed by atoms with E-state index in [1.807, 2.05) is 0 Å². The Labute approximate surface area is 89.7 Å². The Morgan fingerprint density at radius 1 is 1.29 bits per heavy atom. The zero-order valence-corrected chi connectivity index (χ0v) is 9.97. The Morgan fingerprint density at radius 2 is 1.93 bits per heavy atom. The predicted molar refractivity (Wildman–Crippen MR) is 60.5 cm³/mol. The number of aromatic nitrogens is 2. The summed E-state index contributed by atoms with van der Waals surface area (Å²) in [6, 6.07) is 0.0649. The quantitative estimate of drug-likeness (QED) is 0.818. The van der Waals surface area contributed by atoms with Gasteiger partial charge in [-0.1, -0.05) is 38.5 Å². The van der Waals surface area contributed by atoms with Crippen molar-refractivity contribution < 1.29 is 0 Å². The molecular formula is C10H19N3S.